The van der Waals surface area contributed by atoms with Gasteiger partial charge < -0.3 is 9.64 Å². The van der Waals surface area contributed by atoms with Gasteiger partial charge in [0.05, 0.1) is 30.0 Å². The van der Waals surface area contributed by atoms with E-state index in [4.69, 9.17) is 4.74 Å². The van der Waals surface area contributed by atoms with Crippen LogP contribution in [-0.2, 0) is 9.53 Å². The van der Waals surface area contributed by atoms with Crippen LogP contribution in [0.15, 0.2) is 22.9 Å². The largest absolute Gasteiger partial charge is 0.466 e. The second-order valence-electron chi connectivity index (χ2n) is 5.52. The molecule has 23 heavy (non-hydrogen) atoms. The van der Waals surface area contributed by atoms with Gasteiger partial charge in [-0.25, -0.2) is 4.52 Å². The van der Waals surface area contributed by atoms with Crippen LogP contribution in [-0.4, -0.2) is 35.3 Å². The number of ether oxygens (including phenoxy) is 1. The van der Waals surface area contributed by atoms with Crippen LogP contribution in [0.4, 0.5) is 5.69 Å². The maximum atomic E-state index is 11.9. The molecule has 7 heteroatoms. The molecule has 6 nitrogen and oxygen atoms in total. The Morgan fingerprint density at radius 2 is 2.26 bits per heavy atom. The number of hydrogen-bond acceptors (Lipinski definition) is 5. The summed E-state index contributed by atoms with van der Waals surface area (Å²) in [7, 11) is 0. The minimum Gasteiger partial charge on any atom is -0.466 e. The number of anilines is 1. The minimum atomic E-state index is -0.103. The van der Waals surface area contributed by atoms with E-state index in [9.17, 15) is 10.1 Å². The van der Waals surface area contributed by atoms with E-state index in [-0.39, 0.29) is 11.9 Å². The molecule has 1 saturated heterocycles. The Hall–Kier alpha value is -2.07. The zero-order valence-electron chi connectivity index (χ0n) is 12.8. The van der Waals surface area contributed by atoms with Crippen molar-refractivity contribution in [2.24, 2.45) is 5.92 Å². The van der Waals surface area contributed by atoms with Gasteiger partial charge in [0, 0.05) is 23.8 Å². The molecule has 0 N–H and O–H groups in total. The van der Waals surface area contributed by atoms with Crippen molar-refractivity contribution in [2.75, 3.05) is 24.6 Å². The predicted molar refractivity (Wildman–Crippen MR) is 89.2 cm³/mol. The molecule has 0 saturated carbocycles. The summed E-state index contributed by atoms with van der Waals surface area (Å²) < 4.78 is 7.73. The number of halogens is 1. The zero-order valence-corrected chi connectivity index (χ0v) is 14.4. The molecule has 1 fully saturated rings. The quantitative estimate of drug-likeness (QED) is 0.770. The minimum absolute atomic E-state index is 0.0327. The summed E-state index contributed by atoms with van der Waals surface area (Å²) in [5.74, 6) is -0.136. The Morgan fingerprint density at radius 1 is 1.52 bits per heavy atom. The highest BCUT2D eigenvalue weighted by atomic mass is 79.9. The van der Waals surface area contributed by atoms with Crippen molar-refractivity contribution in [3.63, 3.8) is 0 Å². The number of aromatic nitrogens is 2. The van der Waals surface area contributed by atoms with Gasteiger partial charge in [-0.05, 0) is 41.8 Å². The standard InChI is InChI=1S/C16H17BrN4O2/c1-2-23-16(22)11-3-5-20(6-4-11)14-7-13(17)10-21-15(14)12(8-18)9-19-21/h7,9-11H,2-6H2,1H3. The highest BCUT2D eigenvalue weighted by molar-refractivity contribution is 9.10. The second kappa shape index (κ2) is 6.59. The number of pyridine rings is 1. The number of piperidine rings is 1. The SMILES string of the molecule is CCOC(=O)C1CCN(c2cc(Br)cn3ncc(C#N)c23)CC1. The summed E-state index contributed by atoms with van der Waals surface area (Å²) in [6.45, 7) is 3.76. The van der Waals surface area contributed by atoms with Gasteiger partial charge in [-0.1, -0.05) is 0 Å². The van der Waals surface area contributed by atoms with Crippen LogP contribution in [0.5, 0.6) is 0 Å². The van der Waals surface area contributed by atoms with Crippen LogP contribution in [0.2, 0.25) is 0 Å². The van der Waals surface area contributed by atoms with Crippen molar-refractivity contribution in [1.29, 1.82) is 5.26 Å². The third kappa shape index (κ3) is 3.04. The molecule has 3 rings (SSSR count). The van der Waals surface area contributed by atoms with Crippen LogP contribution in [0.3, 0.4) is 0 Å². The summed E-state index contributed by atoms with van der Waals surface area (Å²) >= 11 is 3.49. The summed E-state index contributed by atoms with van der Waals surface area (Å²) in [5.41, 5.74) is 2.33. The number of carbonyl (C=O) groups is 1. The van der Waals surface area contributed by atoms with Crippen LogP contribution in [0.25, 0.3) is 5.52 Å². The molecule has 1 aliphatic rings. The fraction of sp³-hybridized carbons (Fsp3) is 0.438. The molecule has 0 aromatic carbocycles. The molecule has 1 aliphatic heterocycles. The Kier molecular flexibility index (Phi) is 4.53. The lowest BCUT2D eigenvalue weighted by molar-refractivity contribution is -0.148. The molecule has 0 amide bonds. The maximum absolute atomic E-state index is 11.9. The molecule has 0 aliphatic carbocycles. The van der Waals surface area contributed by atoms with Crippen LogP contribution < -0.4 is 4.90 Å². The number of fused-ring (bicyclic) bond motifs is 1. The highest BCUT2D eigenvalue weighted by Crippen LogP contribution is 2.31. The van der Waals surface area contributed by atoms with Gasteiger partial charge in [0.25, 0.3) is 0 Å². The Labute approximate surface area is 142 Å². The van der Waals surface area contributed by atoms with E-state index in [2.05, 4.69) is 32.0 Å². The lowest BCUT2D eigenvalue weighted by Crippen LogP contribution is -2.37. The van der Waals surface area contributed by atoms with Crippen molar-refractivity contribution >= 4 is 33.1 Å². The molecule has 3 heterocycles. The van der Waals surface area contributed by atoms with Crippen LogP contribution in [0.1, 0.15) is 25.3 Å². The number of nitriles is 1. The fourth-order valence-corrected chi connectivity index (χ4v) is 3.42. The topological polar surface area (TPSA) is 70.6 Å². The number of carbonyl (C=O) groups excluding carboxylic acids is 1. The van der Waals surface area contributed by atoms with Gasteiger partial charge >= 0.3 is 5.97 Å². The van der Waals surface area contributed by atoms with Gasteiger partial charge in [0.1, 0.15) is 11.6 Å². The Balaban J connectivity index is 1.86. The smallest absolute Gasteiger partial charge is 0.309 e. The second-order valence-corrected chi connectivity index (χ2v) is 6.44. The molecule has 0 spiro atoms. The average Bonchev–Trinajstić information content (AvgIpc) is 2.97. The number of hydrogen-bond donors (Lipinski definition) is 0. The van der Waals surface area contributed by atoms with Gasteiger partial charge in [-0.2, -0.15) is 10.4 Å². The summed E-state index contributed by atoms with van der Waals surface area (Å²) in [6, 6.07) is 4.20. The van der Waals surface area contributed by atoms with E-state index in [0.29, 0.717) is 12.2 Å². The molecular weight excluding hydrogens is 360 g/mol. The fourth-order valence-electron chi connectivity index (χ4n) is 3.01. The molecule has 2 aromatic heterocycles. The normalized spacial score (nSPS) is 15.6. The van der Waals surface area contributed by atoms with Crippen molar-refractivity contribution in [3.8, 4) is 6.07 Å². The van der Waals surface area contributed by atoms with Crippen LogP contribution >= 0.6 is 15.9 Å². The Bertz CT molecular complexity index is 772. The van der Waals surface area contributed by atoms with E-state index >= 15 is 0 Å². The first-order valence-corrected chi connectivity index (χ1v) is 8.42. The first kappa shape index (κ1) is 15.8. The van der Waals surface area contributed by atoms with Crippen molar-refractivity contribution in [2.45, 2.75) is 19.8 Å². The third-order valence-corrected chi connectivity index (χ3v) is 4.57. The van der Waals surface area contributed by atoms with Crippen molar-refractivity contribution in [1.82, 2.24) is 9.61 Å². The Morgan fingerprint density at radius 3 is 2.91 bits per heavy atom. The van der Waals surface area contributed by atoms with Gasteiger partial charge in [0.15, 0.2) is 0 Å². The first-order valence-electron chi connectivity index (χ1n) is 7.62. The monoisotopic (exact) mass is 376 g/mol. The van der Waals surface area contributed by atoms with E-state index in [0.717, 1.165) is 41.6 Å². The number of esters is 1. The van der Waals surface area contributed by atoms with Crippen molar-refractivity contribution < 1.29 is 9.53 Å². The van der Waals surface area contributed by atoms with Gasteiger partial charge in [0.2, 0.25) is 0 Å². The van der Waals surface area contributed by atoms with Crippen molar-refractivity contribution in [3.05, 3.63) is 28.5 Å². The molecule has 0 unspecified atom stereocenters. The molecule has 0 bridgehead atoms. The molecule has 0 radical (unpaired) electrons. The number of nitrogens with zero attached hydrogens (tertiary/aromatic N) is 4. The molecule has 0 atom stereocenters. The molecule has 2 aromatic rings. The number of rotatable bonds is 3. The van der Waals surface area contributed by atoms with Gasteiger partial charge in [-0.3, -0.25) is 4.79 Å². The first-order chi connectivity index (χ1) is 11.1. The van der Waals surface area contributed by atoms with Gasteiger partial charge in [-0.15, -0.1) is 0 Å². The highest BCUT2D eigenvalue weighted by Gasteiger charge is 2.27. The average molecular weight is 377 g/mol. The third-order valence-electron chi connectivity index (χ3n) is 4.13. The maximum Gasteiger partial charge on any atom is 0.309 e. The summed E-state index contributed by atoms with van der Waals surface area (Å²) in [6.07, 6.45) is 4.93. The summed E-state index contributed by atoms with van der Waals surface area (Å²) in [4.78, 5) is 14.1. The van der Waals surface area contributed by atoms with E-state index in [1.165, 1.54) is 0 Å². The predicted octanol–water partition coefficient (Wildman–Crippen LogP) is 2.75. The van der Waals surface area contributed by atoms with Crippen LogP contribution in [0, 0.1) is 17.2 Å². The van der Waals surface area contributed by atoms with E-state index < -0.39 is 0 Å². The summed E-state index contributed by atoms with van der Waals surface area (Å²) in [5, 5.41) is 13.5. The molecular formula is C16H17BrN4O2. The van der Waals surface area contributed by atoms with E-state index in [1.54, 1.807) is 10.7 Å². The molecule has 120 valence electrons. The lowest BCUT2D eigenvalue weighted by Gasteiger charge is -2.33. The lowest BCUT2D eigenvalue weighted by atomic mass is 9.96. The zero-order chi connectivity index (χ0) is 16.4. The van der Waals surface area contributed by atoms with E-state index in [1.807, 2.05) is 19.2 Å².